The molecule has 0 aliphatic heterocycles. The standard InChI is InChI=1S/C19H23NO2/c1-14(17-11-7-4-8-12-17)15(2)20-18(19(21)22)13-16-9-5-3-6-10-16/h3-12,14-15,18,20H,13H2,1-2H3,(H,21,22)/t14?,15?,18-/m1/s1. The minimum absolute atomic E-state index is 0.0761. The van der Waals surface area contributed by atoms with Crippen LogP contribution in [0.25, 0.3) is 0 Å². The summed E-state index contributed by atoms with van der Waals surface area (Å²) in [6, 6.07) is 19.4. The molecule has 3 heteroatoms. The van der Waals surface area contributed by atoms with Crippen molar-refractivity contribution >= 4 is 5.97 Å². The van der Waals surface area contributed by atoms with Gasteiger partial charge in [-0.2, -0.15) is 0 Å². The van der Waals surface area contributed by atoms with Gasteiger partial charge in [-0.1, -0.05) is 67.6 Å². The monoisotopic (exact) mass is 297 g/mol. The van der Waals surface area contributed by atoms with Crippen molar-refractivity contribution in [3.63, 3.8) is 0 Å². The van der Waals surface area contributed by atoms with Crippen molar-refractivity contribution in [2.75, 3.05) is 0 Å². The van der Waals surface area contributed by atoms with E-state index in [4.69, 9.17) is 0 Å². The maximum absolute atomic E-state index is 11.5. The highest BCUT2D eigenvalue weighted by atomic mass is 16.4. The highest BCUT2D eigenvalue weighted by Gasteiger charge is 2.23. The first kappa shape index (κ1) is 16.2. The summed E-state index contributed by atoms with van der Waals surface area (Å²) in [6.45, 7) is 4.16. The number of carbonyl (C=O) groups is 1. The molecular weight excluding hydrogens is 274 g/mol. The molecule has 0 radical (unpaired) electrons. The predicted molar refractivity (Wildman–Crippen MR) is 89.0 cm³/mol. The lowest BCUT2D eigenvalue weighted by Crippen LogP contribution is -2.45. The molecule has 2 N–H and O–H groups in total. The van der Waals surface area contributed by atoms with Crippen LogP contribution in [-0.4, -0.2) is 23.2 Å². The first-order chi connectivity index (χ1) is 10.6. The zero-order valence-corrected chi connectivity index (χ0v) is 13.1. The Bertz CT molecular complexity index is 583. The number of nitrogens with one attached hydrogen (secondary N) is 1. The average molecular weight is 297 g/mol. The Morgan fingerprint density at radius 1 is 1.00 bits per heavy atom. The third kappa shape index (κ3) is 4.43. The number of carboxylic acids is 1. The molecule has 3 nitrogen and oxygen atoms in total. The third-order valence-corrected chi connectivity index (χ3v) is 4.12. The van der Waals surface area contributed by atoms with Gasteiger partial charge in [0.05, 0.1) is 0 Å². The largest absolute Gasteiger partial charge is 0.480 e. The van der Waals surface area contributed by atoms with Gasteiger partial charge in [0.1, 0.15) is 6.04 Å². The number of hydrogen-bond acceptors (Lipinski definition) is 2. The van der Waals surface area contributed by atoms with Crippen LogP contribution in [0, 0.1) is 0 Å². The molecule has 0 aromatic heterocycles. The van der Waals surface area contributed by atoms with Crippen molar-refractivity contribution in [3.05, 3.63) is 71.8 Å². The first-order valence-corrected chi connectivity index (χ1v) is 7.65. The van der Waals surface area contributed by atoms with Crippen LogP contribution in [0.4, 0.5) is 0 Å². The summed E-state index contributed by atoms with van der Waals surface area (Å²) >= 11 is 0. The Kier molecular flexibility index (Phi) is 5.73. The summed E-state index contributed by atoms with van der Waals surface area (Å²) in [7, 11) is 0. The predicted octanol–water partition coefficient (Wildman–Crippen LogP) is 3.46. The zero-order chi connectivity index (χ0) is 15.9. The molecule has 0 fully saturated rings. The van der Waals surface area contributed by atoms with Gasteiger partial charge in [0.2, 0.25) is 0 Å². The van der Waals surface area contributed by atoms with Gasteiger partial charge in [-0.05, 0) is 30.4 Å². The molecule has 3 atom stereocenters. The second-order valence-electron chi connectivity index (χ2n) is 5.74. The minimum atomic E-state index is -0.809. The number of hydrogen-bond donors (Lipinski definition) is 2. The molecule has 2 aromatic rings. The molecule has 2 rings (SSSR count). The van der Waals surface area contributed by atoms with E-state index in [0.717, 1.165) is 5.56 Å². The van der Waals surface area contributed by atoms with Crippen molar-refractivity contribution in [2.24, 2.45) is 0 Å². The van der Waals surface area contributed by atoms with Gasteiger partial charge < -0.3 is 10.4 Å². The second kappa shape index (κ2) is 7.76. The number of benzene rings is 2. The van der Waals surface area contributed by atoms with Crippen LogP contribution in [-0.2, 0) is 11.2 Å². The summed E-state index contributed by atoms with van der Waals surface area (Å²) in [5.74, 6) is -0.560. The molecule has 2 aromatic carbocycles. The fourth-order valence-electron chi connectivity index (χ4n) is 2.57. The van der Waals surface area contributed by atoms with E-state index in [1.165, 1.54) is 5.56 Å². The maximum Gasteiger partial charge on any atom is 0.321 e. The topological polar surface area (TPSA) is 49.3 Å². The van der Waals surface area contributed by atoms with Gasteiger partial charge >= 0.3 is 5.97 Å². The van der Waals surface area contributed by atoms with Crippen LogP contribution >= 0.6 is 0 Å². The lowest BCUT2D eigenvalue weighted by molar-refractivity contribution is -0.139. The summed E-state index contributed by atoms with van der Waals surface area (Å²) in [5.41, 5.74) is 2.24. The normalized spacial score (nSPS) is 15.0. The second-order valence-corrected chi connectivity index (χ2v) is 5.74. The van der Waals surface area contributed by atoms with Crippen molar-refractivity contribution in [2.45, 2.75) is 38.3 Å². The van der Waals surface area contributed by atoms with Crippen molar-refractivity contribution in [1.82, 2.24) is 5.32 Å². The van der Waals surface area contributed by atoms with Crippen molar-refractivity contribution in [3.8, 4) is 0 Å². The molecule has 0 saturated heterocycles. The summed E-state index contributed by atoms with van der Waals surface area (Å²) in [5, 5.41) is 12.7. The molecule has 0 aliphatic rings. The first-order valence-electron chi connectivity index (χ1n) is 7.65. The zero-order valence-electron chi connectivity index (χ0n) is 13.1. The molecule has 116 valence electrons. The smallest absolute Gasteiger partial charge is 0.321 e. The molecule has 0 bridgehead atoms. The molecule has 2 unspecified atom stereocenters. The average Bonchev–Trinajstić information content (AvgIpc) is 2.55. The fraction of sp³-hybridized carbons (Fsp3) is 0.316. The van der Waals surface area contributed by atoms with E-state index >= 15 is 0 Å². The lowest BCUT2D eigenvalue weighted by Gasteiger charge is -2.25. The maximum atomic E-state index is 11.5. The van der Waals surface area contributed by atoms with Crippen LogP contribution in [0.15, 0.2) is 60.7 Å². The van der Waals surface area contributed by atoms with E-state index in [-0.39, 0.29) is 12.0 Å². The highest BCUT2D eigenvalue weighted by molar-refractivity contribution is 5.74. The van der Waals surface area contributed by atoms with E-state index in [2.05, 4.69) is 24.4 Å². The lowest BCUT2D eigenvalue weighted by atomic mass is 9.93. The van der Waals surface area contributed by atoms with E-state index < -0.39 is 12.0 Å². The van der Waals surface area contributed by atoms with Crippen LogP contribution in [0.3, 0.4) is 0 Å². The summed E-state index contributed by atoms with van der Waals surface area (Å²) in [6.07, 6.45) is 0.488. The Morgan fingerprint density at radius 2 is 1.55 bits per heavy atom. The molecule has 22 heavy (non-hydrogen) atoms. The van der Waals surface area contributed by atoms with Crippen molar-refractivity contribution < 1.29 is 9.90 Å². The summed E-state index contributed by atoms with van der Waals surface area (Å²) in [4.78, 5) is 11.5. The highest BCUT2D eigenvalue weighted by Crippen LogP contribution is 2.19. The summed E-state index contributed by atoms with van der Waals surface area (Å²) < 4.78 is 0. The van der Waals surface area contributed by atoms with Gasteiger partial charge in [-0.15, -0.1) is 0 Å². The molecule has 0 saturated carbocycles. The Morgan fingerprint density at radius 3 is 2.09 bits per heavy atom. The Balaban J connectivity index is 2.03. The van der Waals surface area contributed by atoms with Gasteiger partial charge in [-0.3, -0.25) is 4.79 Å². The van der Waals surface area contributed by atoms with Gasteiger partial charge in [-0.25, -0.2) is 0 Å². The Labute approximate surface area is 132 Å². The molecular formula is C19H23NO2. The van der Waals surface area contributed by atoms with Crippen LogP contribution in [0.1, 0.15) is 30.9 Å². The molecule has 0 amide bonds. The van der Waals surface area contributed by atoms with E-state index in [1.54, 1.807) is 0 Å². The number of rotatable bonds is 7. The fourth-order valence-corrected chi connectivity index (χ4v) is 2.57. The van der Waals surface area contributed by atoms with Crippen LogP contribution in [0.5, 0.6) is 0 Å². The van der Waals surface area contributed by atoms with Crippen molar-refractivity contribution in [1.29, 1.82) is 0 Å². The SMILES string of the molecule is CC(N[C@H](Cc1ccccc1)C(=O)O)C(C)c1ccccc1. The molecule has 0 spiro atoms. The quantitative estimate of drug-likeness (QED) is 0.823. The number of carboxylic acid groups (broad SMARTS) is 1. The van der Waals surface area contributed by atoms with Gasteiger partial charge in [0.25, 0.3) is 0 Å². The van der Waals surface area contributed by atoms with Gasteiger partial charge in [0.15, 0.2) is 0 Å². The van der Waals surface area contributed by atoms with E-state index in [0.29, 0.717) is 6.42 Å². The third-order valence-electron chi connectivity index (χ3n) is 4.12. The number of aliphatic carboxylic acids is 1. The molecule has 0 heterocycles. The van der Waals surface area contributed by atoms with Crippen LogP contribution < -0.4 is 5.32 Å². The van der Waals surface area contributed by atoms with E-state index in [9.17, 15) is 9.90 Å². The molecule has 0 aliphatic carbocycles. The van der Waals surface area contributed by atoms with Crippen LogP contribution in [0.2, 0.25) is 0 Å². The Hall–Kier alpha value is -2.13. The van der Waals surface area contributed by atoms with Gasteiger partial charge in [0, 0.05) is 6.04 Å². The minimum Gasteiger partial charge on any atom is -0.480 e. The van der Waals surface area contributed by atoms with E-state index in [1.807, 2.05) is 55.5 Å².